The number of nitrogen functional groups attached to an aromatic ring is 1. The average molecular weight is 309 g/mol. The Bertz CT molecular complexity index is 821. The van der Waals surface area contributed by atoms with E-state index in [-0.39, 0.29) is 26.3 Å². The maximum atomic E-state index is 12.4. The average Bonchev–Trinajstić information content (AvgIpc) is 2.85. The van der Waals surface area contributed by atoms with Gasteiger partial charge in [0.1, 0.15) is 14.8 Å². The Labute approximate surface area is 119 Å². The van der Waals surface area contributed by atoms with E-state index in [2.05, 4.69) is 0 Å². The topological polar surface area (TPSA) is 86.5 Å². The Morgan fingerprint density at radius 3 is 2.75 bits per heavy atom. The summed E-state index contributed by atoms with van der Waals surface area (Å²) in [6.07, 6.45) is 0. The van der Waals surface area contributed by atoms with Gasteiger partial charge < -0.3 is 10.5 Å². The van der Waals surface area contributed by atoms with Gasteiger partial charge in [-0.1, -0.05) is 18.2 Å². The smallest absolute Gasteiger partial charge is 0.341 e. The Morgan fingerprint density at radius 1 is 1.35 bits per heavy atom. The first kappa shape index (κ1) is 13.1. The molecule has 0 fully saturated rings. The normalized spacial score (nSPS) is 14.7. The van der Waals surface area contributed by atoms with Gasteiger partial charge in [0.2, 0.25) is 9.84 Å². The number of anilines is 1. The molecule has 2 N–H and O–H groups in total. The number of carbonyl (C=O) groups excluding carboxylic acids is 1. The van der Waals surface area contributed by atoms with Crippen LogP contribution in [-0.2, 0) is 14.6 Å². The van der Waals surface area contributed by atoms with Crippen molar-refractivity contribution in [1.29, 1.82) is 0 Å². The number of thiophene rings is 1. The summed E-state index contributed by atoms with van der Waals surface area (Å²) in [5.74, 6) is -0.589. The zero-order chi connectivity index (χ0) is 14.5. The Morgan fingerprint density at radius 2 is 2.05 bits per heavy atom. The van der Waals surface area contributed by atoms with Crippen molar-refractivity contribution < 1.29 is 17.9 Å². The highest BCUT2D eigenvalue weighted by Crippen LogP contribution is 2.51. The molecule has 7 heteroatoms. The Balaban J connectivity index is 2.35. The third kappa shape index (κ3) is 1.60. The van der Waals surface area contributed by atoms with Crippen LogP contribution in [0.1, 0.15) is 17.3 Å². The van der Waals surface area contributed by atoms with Crippen LogP contribution in [0.5, 0.6) is 0 Å². The van der Waals surface area contributed by atoms with Gasteiger partial charge in [-0.3, -0.25) is 0 Å². The van der Waals surface area contributed by atoms with Crippen molar-refractivity contribution in [3.05, 3.63) is 29.8 Å². The summed E-state index contributed by atoms with van der Waals surface area (Å²) in [5.41, 5.74) is 6.86. The number of esters is 1. The van der Waals surface area contributed by atoms with Crippen LogP contribution in [0.3, 0.4) is 0 Å². The largest absolute Gasteiger partial charge is 0.462 e. The SMILES string of the molecule is CCOC(=O)c1c(N)sc2c1-c1ccccc1S2(=O)=O. The highest BCUT2D eigenvalue weighted by atomic mass is 32.2. The molecule has 1 aliphatic heterocycles. The van der Waals surface area contributed by atoms with E-state index in [0.29, 0.717) is 11.1 Å². The van der Waals surface area contributed by atoms with Crippen LogP contribution in [0, 0.1) is 0 Å². The number of carbonyl (C=O) groups is 1. The summed E-state index contributed by atoms with van der Waals surface area (Å²) in [6.45, 7) is 1.89. The van der Waals surface area contributed by atoms with Crippen molar-refractivity contribution in [2.75, 3.05) is 12.3 Å². The van der Waals surface area contributed by atoms with E-state index in [1.54, 1.807) is 25.1 Å². The molecule has 0 spiro atoms. The first-order chi connectivity index (χ1) is 9.48. The molecule has 0 bridgehead atoms. The third-order valence-corrected chi connectivity index (χ3v) is 6.42. The summed E-state index contributed by atoms with van der Waals surface area (Å²) in [5, 5.41) is 0.173. The molecule has 0 aliphatic carbocycles. The lowest BCUT2D eigenvalue weighted by atomic mass is 10.0. The standard InChI is InChI=1S/C13H11NO4S2/c1-2-18-12(15)10-9-7-5-3-4-6-8(7)20(16,17)13(9)19-11(10)14/h3-6H,2,14H2,1H3. The molecule has 0 unspecified atom stereocenters. The van der Waals surface area contributed by atoms with Crippen molar-refractivity contribution in [2.24, 2.45) is 0 Å². The summed E-state index contributed by atoms with van der Waals surface area (Å²) in [7, 11) is -3.58. The van der Waals surface area contributed by atoms with Gasteiger partial charge in [-0.15, -0.1) is 11.3 Å². The predicted molar refractivity (Wildman–Crippen MR) is 75.6 cm³/mol. The molecule has 5 nitrogen and oxygen atoms in total. The van der Waals surface area contributed by atoms with Crippen molar-refractivity contribution in [1.82, 2.24) is 0 Å². The van der Waals surface area contributed by atoms with Gasteiger partial charge in [0.25, 0.3) is 0 Å². The van der Waals surface area contributed by atoms with Gasteiger partial charge in [0.15, 0.2) is 0 Å². The number of rotatable bonds is 2. The molecule has 20 heavy (non-hydrogen) atoms. The lowest BCUT2D eigenvalue weighted by molar-refractivity contribution is 0.0529. The van der Waals surface area contributed by atoms with Gasteiger partial charge in [-0.2, -0.15) is 0 Å². The lowest BCUT2D eigenvalue weighted by Gasteiger charge is -2.04. The number of nitrogens with two attached hydrogens (primary N) is 1. The molecule has 0 saturated carbocycles. The molecule has 2 heterocycles. The van der Waals surface area contributed by atoms with E-state index < -0.39 is 15.8 Å². The molecule has 1 aliphatic rings. The van der Waals surface area contributed by atoms with Gasteiger partial charge in [0.05, 0.1) is 11.5 Å². The van der Waals surface area contributed by atoms with E-state index >= 15 is 0 Å². The van der Waals surface area contributed by atoms with Crippen molar-refractivity contribution in [2.45, 2.75) is 16.0 Å². The van der Waals surface area contributed by atoms with E-state index in [0.717, 1.165) is 11.3 Å². The Kier molecular flexibility index (Phi) is 2.84. The fourth-order valence-corrected chi connectivity index (χ4v) is 5.45. The van der Waals surface area contributed by atoms with E-state index in [1.165, 1.54) is 6.07 Å². The zero-order valence-electron chi connectivity index (χ0n) is 10.5. The van der Waals surface area contributed by atoms with Crippen molar-refractivity contribution in [3.63, 3.8) is 0 Å². The predicted octanol–water partition coefficient (Wildman–Crippen LogP) is 2.32. The van der Waals surface area contributed by atoms with Crippen LogP contribution in [0.25, 0.3) is 11.1 Å². The van der Waals surface area contributed by atoms with Crippen LogP contribution in [0.4, 0.5) is 5.00 Å². The number of ether oxygens (including phenoxy) is 1. The first-order valence-electron chi connectivity index (χ1n) is 5.92. The molecule has 1 aromatic heterocycles. The van der Waals surface area contributed by atoms with Crippen molar-refractivity contribution in [3.8, 4) is 11.1 Å². The van der Waals surface area contributed by atoms with Gasteiger partial charge in [-0.25, -0.2) is 13.2 Å². The minimum absolute atomic E-state index is 0.124. The number of fused-ring (bicyclic) bond motifs is 3. The second-order valence-corrected chi connectivity index (χ2v) is 7.39. The molecule has 1 aromatic carbocycles. The summed E-state index contributed by atoms with van der Waals surface area (Å²) < 4.78 is 29.9. The van der Waals surface area contributed by atoms with Crippen molar-refractivity contribution >= 4 is 32.1 Å². The van der Waals surface area contributed by atoms with Crippen LogP contribution in [0.2, 0.25) is 0 Å². The Hall–Kier alpha value is -1.86. The maximum absolute atomic E-state index is 12.4. The highest BCUT2D eigenvalue weighted by molar-refractivity contribution is 7.94. The van der Waals surface area contributed by atoms with E-state index in [9.17, 15) is 13.2 Å². The highest BCUT2D eigenvalue weighted by Gasteiger charge is 2.39. The number of benzene rings is 1. The fourth-order valence-electron chi connectivity index (χ4n) is 2.27. The lowest BCUT2D eigenvalue weighted by Crippen LogP contribution is -2.07. The number of sulfone groups is 1. The zero-order valence-corrected chi connectivity index (χ0v) is 12.2. The van der Waals surface area contributed by atoms with Crippen LogP contribution in [0.15, 0.2) is 33.4 Å². The van der Waals surface area contributed by atoms with Crippen LogP contribution < -0.4 is 5.73 Å². The van der Waals surface area contributed by atoms with Gasteiger partial charge in [-0.05, 0) is 13.0 Å². The summed E-state index contributed by atoms with van der Waals surface area (Å²) in [4.78, 5) is 12.2. The molecular weight excluding hydrogens is 298 g/mol. The molecule has 0 saturated heterocycles. The third-order valence-electron chi connectivity index (χ3n) is 3.07. The van der Waals surface area contributed by atoms with Crippen LogP contribution in [-0.4, -0.2) is 21.0 Å². The maximum Gasteiger partial charge on any atom is 0.341 e. The summed E-state index contributed by atoms with van der Waals surface area (Å²) >= 11 is 0.910. The fraction of sp³-hybridized carbons (Fsp3) is 0.154. The second kappa shape index (κ2) is 4.32. The minimum atomic E-state index is -3.58. The summed E-state index contributed by atoms with van der Waals surface area (Å²) in [6, 6.07) is 6.59. The first-order valence-corrected chi connectivity index (χ1v) is 8.22. The molecule has 2 aromatic rings. The molecule has 3 rings (SSSR count). The molecule has 0 atom stereocenters. The molecule has 104 valence electrons. The molecule has 0 radical (unpaired) electrons. The minimum Gasteiger partial charge on any atom is -0.462 e. The second-order valence-electron chi connectivity index (χ2n) is 4.22. The number of hydrogen-bond donors (Lipinski definition) is 1. The van der Waals surface area contributed by atoms with Crippen LogP contribution >= 0.6 is 11.3 Å². The molecule has 0 amide bonds. The van der Waals surface area contributed by atoms with E-state index in [1.807, 2.05) is 0 Å². The van der Waals surface area contributed by atoms with Gasteiger partial charge in [0, 0.05) is 11.1 Å². The van der Waals surface area contributed by atoms with Gasteiger partial charge >= 0.3 is 5.97 Å². The number of hydrogen-bond acceptors (Lipinski definition) is 6. The molecular formula is C13H11NO4S2. The quantitative estimate of drug-likeness (QED) is 0.734. The monoisotopic (exact) mass is 309 g/mol. The van der Waals surface area contributed by atoms with E-state index in [4.69, 9.17) is 10.5 Å².